The van der Waals surface area contributed by atoms with Gasteiger partial charge in [-0.15, -0.1) is 0 Å². The largest absolute Gasteiger partial charge is 0.460 e. The van der Waals surface area contributed by atoms with Gasteiger partial charge in [0.15, 0.2) is 0 Å². The van der Waals surface area contributed by atoms with Crippen molar-refractivity contribution in [2.24, 2.45) is 0 Å². The minimum Gasteiger partial charge on any atom is -0.253 e. The first kappa shape index (κ1) is 11.0. The highest BCUT2D eigenvalue weighted by molar-refractivity contribution is 5.07. The van der Waals surface area contributed by atoms with Crippen molar-refractivity contribution in [3.05, 3.63) is 11.8 Å². The van der Waals surface area contributed by atoms with Crippen molar-refractivity contribution in [3.8, 4) is 0 Å². The maximum absolute atomic E-state index is 11.6. The van der Waals surface area contributed by atoms with Gasteiger partial charge < -0.3 is 0 Å². The second-order valence-electron chi connectivity index (χ2n) is 1.66. The molecule has 0 heterocycles. The van der Waals surface area contributed by atoms with Crippen LogP contribution in [0.3, 0.4) is 0 Å². The van der Waals surface area contributed by atoms with Gasteiger partial charge in [0.25, 0.3) is 5.83 Å². The molecular formula is C4F7O. The smallest absolute Gasteiger partial charge is 0.253 e. The van der Waals surface area contributed by atoms with E-state index in [1.807, 2.05) is 0 Å². The Kier molecular flexibility index (Phi) is 2.61. The molecule has 0 aromatic heterocycles. The molecule has 0 unspecified atom stereocenters. The van der Waals surface area contributed by atoms with Gasteiger partial charge in [-0.25, -0.2) is 0 Å². The summed E-state index contributed by atoms with van der Waals surface area (Å²) in [5.41, 5.74) is 0. The van der Waals surface area contributed by atoms with Crippen molar-refractivity contribution in [1.29, 1.82) is 0 Å². The predicted molar refractivity (Wildman–Crippen MR) is 20.9 cm³/mol. The molecule has 0 bridgehead atoms. The lowest BCUT2D eigenvalue weighted by Gasteiger charge is -2.16. The van der Waals surface area contributed by atoms with Crippen LogP contribution in [0.25, 0.3) is 0 Å². The molecule has 1 nitrogen and oxygen atoms in total. The lowest BCUT2D eigenvalue weighted by Crippen LogP contribution is -2.37. The summed E-state index contributed by atoms with van der Waals surface area (Å²) in [7, 11) is 0. The van der Waals surface area contributed by atoms with Gasteiger partial charge in [0, 0.05) is 0 Å². The molecule has 8 heteroatoms. The van der Waals surface area contributed by atoms with E-state index in [-0.39, 0.29) is 0 Å². The molecule has 0 aliphatic rings. The third kappa shape index (κ3) is 1.80. The van der Waals surface area contributed by atoms with Crippen LogP contribution in [-0.4, -0.2) is 12.1 Å². The molecule has 1 radical (unpaired) electrons. The summed E-state index contributed by atoms with van der Waals surface area (Å²) < 4.78 is 79.1. The van der Waals surface area contributed by atoms with Crippen LogP contribution >= 0.6 is 0 Å². The lowest BCUT2D eigenvalue weighted by molar-refractivity contribution is -0.272. The molecule has 12 heavy (non-hydrogen) atoms. The minimum atomic E-state index is -6.31. The SMILES string of the molecule is [O]C(F)=C(F)C(F)(F)C(F)(F)F. The van der Waals surface area contributed by atoms with E-state index in [0.717, 1.165) is 0 Å². The van der Waals surface area contributed by atoms with Gasteiger partial charge in [-0.3, -0.25) is 5.11 Å². The molecule has 0 N–H and O–H groups in total. The van der Waals surface area contributed by atoms with Crippen LogP contribution in [-0.2, 0) is 5.11 Å². The average Bonchev–Trinajstić information content (AvgIpc) is 1.83. The summed E-state index contributed by atoms with van der Waals surface area (Å²) >= 11 is 0. The van der Waals surface area contributed by atoms with Gasteiger partial charge in [0.05, 0.1) is 0 Å². The number of halogens is 7. The van der Waals surface area contributed by atoms with Crippen LogP contribution in [0, 0.1) is 0 Å². The maximum atomic E-state index is 11.6. The first-order valence-corrected chi connectivity index (χ1v) is 2.28. The summed E-state index contributed by atoms with van der Waals surface area (Å²) in [4.78, 5) is 0. The predicted octanol–water partition coefficient (Wildman–Crippen LogP) is 2.72. The molecule has 0 saturated carbocycles. The number of alkyl halides is 5. The Morgan fingerprint density at radius 1 is 0.917 bits per heavy atom. The zero-order valence-electron chi connectivity index (χ0n) is 5.05. The van der Waals surface area contributed by atoms with Crippen LogP contribution in [0.4, 0.5) is 30.7 Å². The summed E-state index contributed by atoms with van der Waals surface area (Å²) in [6, 6.07) is -3.43. The Labute approximate surface area is 61.1 Å². The Morgan fingerprint density at radius 2 is 1.25 bits per heavy atom. The number of allylic oxidation sites excluding steroid dienone is 1. The van der Waals surface area contributed by atoms with Gasteiger partial charge >= 0.3 is 18.1 Å². The zero-order valence-corrected chi connectivity index (χ0v) is 5.05. The van der Waals surface area contributed by atoms with Crippen molar-refractivity contribution in [2.75, 3.05) is 0 Å². The van der Waals surface area contributed by atoms with E-state index in [1.165, 1.54) is 0 Å². The van der Waals surface area contributed by atoms with Crippen molar-refractivity contribution in [1.82, 2.24) is 0 Å². The fourth-order valence-corrected chi connectivity index (χ4v) is 0.248. The van der Waals surface area contributed by atoms with Crippen LogP contribution in [0.15, 0.2) is 11.8 Å². The van der Waals surface area contributed by atoms with Gasteiger partial charge in [0.2, 0.25) is 0 Å². The second-order valence-corrected chi connectivity index (χ2v) is 1.66. The third-order valence-corrected chi connectivity index (χ3v) is 0.804. The molecule has 0 fully saturated rings. The van der Waals surface area contributed by atoms with Gasteiger partial charge in [-0.2, -0.15) is 30.7 Å². The van der Waals surface area contributed by atoms with Crippen LogP contribution in [0.2, 0.25) is 0 Å². The molecule has 0 amide bonds. The molecule has 0 aromatic rings. The van der Waals surface area contributed by atoms with E-state index in [4.69, 9.17) is 0 Å². The minimum absolute atomic E-state index is 3.43. The summed E-state index contributed by atoms with van der Waals surface area (Å²) in [5, 5.41) is 9.18. The van der Waals surface area contributed by atoms with Crippen molar-refractivity contribution in [3.63, 3.8) is 0 Å². The quantitative estimate of drug-likeness (QED) is 0.455. The van der Waals surface area contributed by atoms with Gasteiger partial charge in [0.1, 0.15) is 0 Å². The van der Waals surface area contributed by atoms with Crippen LogP contribution < -0.4 is 0 Å². The Bertz CT molecular complexity index is 198. The lowest BCUT2D eigenvalue weighted by atomic mass is 10.3. The Morgan fingerprint density at radius 3 is 1.33 bits per heavy atom. The van der Waals surface area contributed by atoms with Crippen LogP contribution in [0.1, 0.15) is 0 Å². The number of rotatable bonds is 1. The summed E-state index contributed by atoms with van der Waals surface area (Å²) in [6.45, 7) is 0. The summed E-state index contributed by atoms with van der Waals surface area (Å²) in [6.07, 6.45) is -6.31. The molecule has 0 saturated heterocycles. The van der Waals surface area contributed by atoms with Crippen molar-refractivity contribution in [2.45, 2.75) is 12.1 Å². The first-order chi connectivity index (χ1) is 5.10. The fraction of sp³-hybridized carbons (Fsp3) is 0.500. The molecule has 0 spiro atoms. The Hall–Kier alpha value is -0.950. The normalized spacial score (nSPS) is 15.9. The van der Waals surface area contributed by atoms with Gasteiger partial charge in [-0.1, -0.05) is 0 Å². The molecule has 0 aromatic carbocycles. The monoisotopic (exact) mass is 197 g/mol. The van der Waals surface area contributed by atoms with Crippen molar-refractivity contribution < 1.29 is 35.8 Å². The highest BCUT2D eigenvalue weighted by Gasteiger charge is 2.63. The van der Waals surface area contributed by atoms with Crippen LogP contribution in [0.5, 0.6) is 0 Å². The molecule has 0 rings (SSSR count). The van der Waals surface area contributed by atoms with E-state index in [1.54, 1.807) is 0 Å². The van der Waals surface area contributed by atoms with E-state index in [9.17, 15) is 35.8 Å². The highest BCUT2D eigenvalue weighted by Crippen LogP contribution is 2.42. The highest BCUT2D eigenvalue weighted by atomic mass is 19.4. The molecule has 71 valence electrons. The van der Waals surface area contributed by atoms with Crippen molar-refractivity contribution >= 4 is 0 Å². The molecule has 0 aliphatic carbocycles. The van der Waals surface area contributed by atoms with E-state index < -0.39 is 23.9 Å². The number of hydrogen-bond acceptors (Lipinski definition) is 0. The van der Waals surface area contributed by atoms with E-state index >= 15 is 0 Å². The van der Waals surface area contributed by atoms with E-state index in [2.05, 4.69) is 0 Å². The topological polar surface area (TPSA) is 19.9 Å². The second kappa shape index (κ2) is 2.83. The molecular weight excluding hydrogens is 197 g/mol. The third-order valence-electron chi connectivity index (χ3n) is 0.804. The molecule has 0 aliphatic heterocycles. The average molecular weight is 197 g/mol. The van der Waals surface area contributed by atoms with E-state index in [0.29, 0.717) is 0 Å². The summed E-state index contributed by atoms with van der Waals surface area (Å²) in [5.74, 6) is -9.71. The standard InChI is InChI=1S/C4F7O/c5-1(2(6)12)3(7,8)4(9,10)11. The number of hydrogen-bond donors (Lipinski definition) is 0. The molecule has 0 atom stereocenters. The Balaban J connectivity index is 5.01. The maximum Gasteiger partial charge on any atom is 0.460 e. The van der Waals surface area contributed by atoms with Gasteiger partial charge in [-0.05, 0) is 0 Å². The first-order valence-electron chi connectivity index (χ1n) is 2.28. The fourth-order valence-electron chi connectivity index (χ4n) is 0.248. The zero-order chi connectivity index (χ0) is 10.2.